The van der Waals surface area contributed by atoms with Gasteiger partial charge < -0.3 is 9.30 Å². The maximum atomic E-state index is 13.9. The molecule has 1 saturated heterocycles. The molecule has 1 heterocycles. The molecule has 0 amide bonds. The van der Waals surface area contributed by atoms with Crippen LogP contribution in [0.1, 0.15) is 12.8 Å². The molecule has 0 bridgehead atoms. The minimum atomic E-state index is -2.56. The standard InChI is InChI=1S/C17H17O2P/c18-20(13-7-3-1-4-8-13,14-9-5-2-6-10-14)15-11-16-17(12-15)19-16/h1-10,15-17H,11-12H2/t15?,16-,17+. The van der Waals surface area contributed by atoms with E-state index in [9.17, 15) is 4.57 Å². The summed E-state index contributed by atoms with van der Waals surface area (Å²) in [5, 5.41) is 1.97. The Morgan fingerprint density at radius 3 is 1.70 bits per heavy atom. The van der Waals surface area contributed by atoms with E-state index in [4.69, 9.17) is 4.74 Å². The number of hydrogen-bond acceptors (Lipinski definition) is 2. The summed E-state index contributed by atoms with van der Waals surface area (Å²) in [4.78, 5) is 0. The summed E-state index contributed by atoms with van der Waals surface area (Å²) in [6.45, 7) is 0. The lowest BCUT2D eigenvalue weighted by atomic mass is 10.3. The Kier molecular flexibility index (Phi) is 2.83. The topological polar surface area (TPSA) is 29.6 Å². The Labute approximate surface area is 119 Å². The Morgan fingerprint density at radius 1 is 0.800 bits per heavy atom. The highest BCUT2D eigenvalue weighted by atomic mass is 31.2. The van der Waals surface area contributed by atoms with Gasteiger partial charge in [-0.25, -0.2) is 0 Å². The Bertz CT molecular complexity index is 600. The number of epoxide rings is 1. The predicted octanol–water partition coefficient (Wildman–Crippen LogP) is 2.93. The van der Waals surface area contributed by atoms with Gasteiger partial charge in [0, 0.05) is 16.3 Å². The molecule has 2 fully saturated rings. The van der Waals surface area contributed by atoms with Gasteiger partial charge in [0.15, 0.2) is 0 Å². The number of benzene rings is 2. The van der Waals surface area contributed by atoms with Gasteiger partial charge in [0.05, 0.1) is 12.2 Å². The first kappa shape index (κ1) is 12.4. The van der Waals surface area contributed by atoms with E-state index in [0.29, 0.717) is 12.2 Å². The van der Waals surface area contributed by atoms with Crippen LogP contribution >= 0.6 is 7.14 Å². The second-order valence-electron chi connectivity index (χ2n) is 5.67. The summed E-state index contributed by atoms with van der Waals surface area (Å²) in [6, 6.07) is 19.9. The van der Waals surface area contributed by atoms with Crippen molar-refractivity contribution in [3.63, 3.8) is 0 Å². The van der Waals surface area contributed by atoms with E-state index in [0.717, 1.165) is 23.5 Å². The molecule has 0 spiro atoms. The molecular formula is C17H17O2P. The predicted molar refractivity (Wildman–Crippen MR) is 81.4 cm³/mol. The van der Waals surface area contributed by atoms with Gasteiger partial charge in [-0.15, -0.1) is 0 Å². The largest absolute Gasteiger partial charge is 0.370 e. The van der Waals surface area contributed by atoms with Crippen LogP contribution in [0.2, 0.25) is 0 Å². The van der Waals surface area contributed by atoms with Gasteiger partial charge in [0.25, 0.3) is 0 Å². The number of fused-ring (bicyclic) bond motifs is 1. The van der Waals surface area contributed by atoms with Crippen LogP contribution in [0.4, 0.5) is 0 Å². The third-order valence-corrected chi connectivity index (χ3v) is 8.07. The third kappa shape index (κ3) is 1.87. The molecule has 1 aliphatic carbocycles. The first-order valence-corrected chi connectivity index (χ1v) is 8.92. The number of rotatable bonds is 3. The molecule has 4 rings (SSSR count). The molecule has 3 atom stereocenters. The zero-order chi connectivity index (χ0) is 13.6. The van der Waals surface area contributed by atoms with Gasteiger partial charge >= 0.3 is 0 Å². The summed E-state index contributed by atoms with van der Waals surface area (Å²) in [7, 11) is -2.56. The molecule has 0 aromatic heterocycles. The molecule has 1 unspecified atom stereocenters. The zero-order valence-corrected chi connectivity index (χ0v) is 12.1. The summed E-state index contributed by atoms with van der Waals surface area (Å²) in [5.74, 6) is 0. The van der Waals surface area contributed by atoms with Crippen molar-refractivity contribution in [2.45, 2.75) is 30.7 Å². The van der Waals surface area contributed by atoms with Gasteiger partial charge in [0.2, 0.25) is 0 Å². The highest BCUT2D eigenvalue weighted by Crippen LogP contribution is 2.58. The van der Waals surface area contributed by atoms with Crippen LogP contribution in [0.15, 0.2) is 60.7 Å². The maximum absolute atomic E-state index is 13.9. The van der Waals surface area contributed by atoms with Gasteiger partial charge in [0.1, 0.15) is 7.14 Å². The monoisotopic (exact) mass is 284 g/mol. The van der Waals surface area contributed by atoms with Crippen LogP contribution in [0.3, 0.4) is 0 Å². The van der Waals surface area contributed by atoms with Gasteiger partial charge in [-0.3, -0.25) is 0 Å². The maximum Gasteiger partial charge on any atom is 0.146 e. The van der Waals surface area contributed by atoms with Crippen LogP contribution in [0.25, 0.3) is 0 Å². The molecular weight excluding hydrogens is 267 g/mol. The molecule has 2 nitrogen and oxygen atoms in total. The highest BCUT2D eigenvalue weighted by Gasteiger charge is 2.54. The van der Waals surface area contributed by atoms with E-state index in [-0.39, 0.29) is 5.66 Å². The average Bonchev–Trinajstić information content (AvgIpc) is 3.14. The molecule has 102 valence electrons. The minimum absolute atomic E-state index is 0.232. The van der Waals surface area contributed by atoms with Crippen molar-refractivity contribution >= 4 is 17.8 Å². The first-order valence-electron chi connectivity index (χ1n) is 7.15. The Hall–Kier alpha value is -1.37. The average molecular weight is 284 g/mol. The first-order chi connectivity index (χ1) is 9.78. The van der Waals surface area contributed by atoms with Crippen molar-refractivity contribution in [2.75, 3.05) is 0 Å². The van der Waals surface area contributed by atoms with E-state index in [1.807, 2.05) is 60.7 Å². The van der Waals surface area contributed by atoms with Crippen molar-refractivity contribution < 1.29 is 9.30 Å². The quantitative estimate of drug-likeness (QED) is 0.640. The second kappa shape index (κ2) is 4.58. The molecule has 20 heavy (non-hydrogen) atoms. The van der Waals surface area contributed by atoms with Gasteiger partial charge in [-0.1, -0.05) is 60.7 Å². The van der Waals surface area contributed by atoms with Crippen LogP contribution in [-0.2, 0) is 9.30 Å². The minimum Gasteiger partial charge on any atom is -0.370 e. The van der Waals surface area contributed by atoms with E-state index in [1.165, 1.54) is 0 Å². The van der Waals surface area contributed by atoms with Crippen molar-refractivity contribution in [3.05, 3.63) is 60.7 Å². The van der Waals surface area contributed by atoms with Gasteiger partial charge in [-0.05, 0) is 12.8 Å². The fraction of sp³-hybridized carbons (Fsp3) is 0.294. The van der Waals surface area contributed by atoms with Crippen LogP contribution < -0.4 is 10.6 Å². The van der Waals surface area contributed by atoms with Crippen molar-refractivity contribution in [1.29, 1.82) is 0 Å². The van der Waals surface area contributed by atoms with Crippen molar-refractivity contribution in [3.8, 4) is 0 Å². The molecule has 2 aliphatic rings. The Balaban J connectivity index is 1.82. The zero-order valence-electron chi connectivity index (χ0n) is 11.2. The lowest BCUT2D eigenvalue weighted by molar-refractivity contribution is 0.322. The van der Waals surface area contributed by atoms with E-state index in [2.05, 4.69) is 0 Å². The lowest BCUT2D eigenvalue weighted by Gasteiger charge is -2.26. The molecule has 3 heteroatoms. The molecule has 1 aliphatic heterocycles. The molecule has 0 N–H and O–H groups in total. The fourth-order valence-electron chi connectivity index (χ4n) is 3.39. The highest BCUT2D eigenvalue weighted by molar-refractivity contribution is 7.79. The van der Waals surface area contributed by atoms with Crippen LogP contribution in [-0.4, -0.2) is 17.9 Å². The molecule has 1 saturated carbocycles. The van der Waals surface area contributed by atoms with Crippen LogP contribution in [0.5, 0.6) is 0 Å². The SMILES string of the molecule is O=P(c1ccccc1)(c1ccccc1)C1C[C@@H]2O[C@@H]2C1. The Morgan fingerprint density at radius 2 is 1.25 bits per heavy atom. The summed E-state index contributed by atoms with van der Waals surface area (Å²) < 4.78 is 19.5. The van der Waals surface area contributed by atoms with E-state index < -0.39 is 7.14 Å². The second-order valence-corrected chi connectivity index (χ2v) is 8.75. The molecule has 2 aromatic rings. The molecule has 0 radical (unpaired) electrons. The third-order valence-electron chi connectivity index (χ3n) is 4.49. The fourth-order valence-corrected chi connectivity index (χ4v) is 6.77. The number of ether oxygens (including phenoxy) is 1. The normalized spacial score (nSPS) is 28.1. The van der Waals surface area contributed by atoms with Crippen molar-refractivity contribution in [1.82, 2.24) is 0 Å². The van der Waals surface area contributed by atoms with E-state index in [1.54, 1.807) is 0 Å². The van der Waals surface area contributed by atoms with E-state index >= 15 is 0 Å². The van der Waals surface area contributed by atoms with Gasteiger partial charge in [-0.2, -0.15) is 0 Å². The van der Waals surface area contributed by atoms with Crippen LogP contribution in [0, 0.1) is 0 Å². The van der Waals surface area contributed by atoms with Crippen molar-refractivity contribution in [2.24, 2.45) is 0 Å². The summed E-state index contributed by atoms with van der Waals surface area (Å²) in [5.41, 5.74) is 0.232. The smallest absolute Gasteiger partial charge is 0.146 e. The summed E-state index contributed by atoms with van der Waals surface area (Å²) in [6.07, 6.45) is 2.60. The lowest BCUT2D eigenvalue weighted by Crippen LogP contribution is -2.25. The molecule has 2 aromatic carbocycles. The summed E-state index contributed by atoms with van der Waals surface area (Å²) >= 11 is 0. The number of hydrogen-bond donors (Lipinski definition) is 0.